The maximum atomic E-state index is 9.55. The summed E-state index contributed by atoms with van der Waals surface area (Å²) in [5, 5.41) is 18.0. The quantitative estimate of drug-likeness (QED) is 0.938. The SMILES string of the molecule is Cc1ccc(Cn2nnc(CO)c2C2CCCCC2)cc1. The van der Waals surface area contributed by atoms with Gasteiger partial charge in [0.1, 0.15) is 5.69 Å². The van der Waals surface area contributed by atoms with Gasteiger partial charge in [-0.05, 0) is 25.3 Å². The highest BCUT2D eigenvalue weighted by atomic mass is 16.3. The second kappa shape index (κ2) is 6.39. The molecule has 1 fully saturated rings. The first-order valence-electron chi connectivity index (χ1n) is 7.86. The zero-order valence-corrected chi connectivity index (χ0v) is 12.6. The Morgan fingerprint density at radius 3 is 2.52 bits per heavy atom. The summed E-state index contributed by atoms with van der Waals surface area (Å²) >= 11 is 0. The van der Waals surface area contributed by atoms with E-state index in [1.54, 1.807) is 0 Å². The van der Waals surface area contributed by atoms with Crippen LogP contribution in [0.15, 0.2) is 24.3 Å². The highest BCUT2D eigenvalue weighted by Gasteiger charge is 2.24. The van der Waals surface area contributed by atoms with Crippen LogP contribution in [-0.4, -0.2) is 20.1 Å². The molecule has 0 atom stereocenters. The van der Waals surface area contributed by atoms with Gasteiger partial charge < -0.3 is 5.11 Å². The van der Waals surface area contributed by atoms with E-state index in [2.05, 4.69) is 41.5 Å². The molecule has 1 heterocycles. The molecule has 1 aromatic carbocycles. The van der Waals surface area contributed by atoms with E-state index in [9.17, 15) is 5.11 Å². The van der Waals surface area contributed by atoms with Crippen LogP contribution in [0, 0.1) is 6.92 Å². The Morgan fingerprint density at radius 2 is 1.86 bits per heavy atom. The van der Waals surface area contributed by atoms with Crippen LogP contribution in [0.3, 0.4) is 0 Å². The molecule has 3 rings (SSSR count). The van der Waals surface area contributed by atoms with Gasteiger partial charge in [-0.3, -0.25) is 0 Å². The fraction of sp³-hybridized carbons (Fsp3) is 0.529. The van der Waals surface area contributed by atoms with Gasteiger partial charge in [-0.2, -0.15) is 0 Å². The molecule has 4 nitrogen and oxygen atoms in total. The molecule has 0 unspecified atom stereocenters. The second-order valence-corrected chi connectivity index (χ2v) is 6.06. The van der Waals surface area contributed by atoms with Crippen LogP contribution >= 0.6 is 0 Å². The summed E-state index contributed by atoms with van der Waals surface area (Å²) < 4.78 is 1.99. The number of aliphatic hydroxyl groups excluding tert-OH is 1. The van der Waals surface area contributed by atoms with E-state index < -0.39 is 0 Å². The van der Waals surface area contributed by atoms with Gasteiger partial charge in [-0.1, -0.05) is 54.3 Å². The number of benzene rings is 1. The first kappa shape index (κ1) is 14.3. The fourth-order valence-corrected chi connectivity index (χ4v) is 3.27. The Morgan fingerprint density at radius 1 is 1.14 bits per heavy atom. The van der Waals surface area contributed by atoms with Crippen LogP contribution in [0.1, 0.15) is 60.5 Å². The Labute approximate surface area is 125 Å². The highest BCUT2D eigenvalue weighted by Crippen LogP contribution is 2.34. The molecule has 1 N–H and O–H groups in total. The van der Waals surface area contributed by atoms with Crippen LogP contribution in [0.25, 0.3) is 0 Å². The number of nitrogens with zero attached hydrogens (tertiary/aromatic N) is 3. The average Bonchev–Trinajstić information content (AvgIpc) is 2.93. The Hall–Kier alpha value is -1.68. The molecule has 0 amide bonds. The topological polar surface area (TPSA) is 50.9 Å². The molecular formula is C17H23N3O. The van der Waals surface area contributed by atoms with E-state index >= 15 is 0 Å². The van der Waals surface area contributed by atoms with Crippen molar-refractivity contribution < 1.29 is 5.11 Å². The monoisotopic (exact) mass is 285 g/mol. The van der Waals surface area contributed by atoms with E-state index in [1.165, 1.54) is 43.2 Å². The maximum absolute atomic E-state index is 9.55. The molecule has 2 aromatic rings. The van der Waals surface area contributed by atoms with Crippen molar-refractivity contribution in [2.45, 2.75) is 58.1 Å². The van der Waals surface area contributed by atoms with E-state index in [0.717, 1.165) is 17.9 Å². The summed E-state index contributed by atoms with van der Waals surface area (Å²) in [5.41, 5.74) is 4.40. The van der Waals surface area contributed by atoms with Gasteiger partial charge in [0.15, 0.2) is 0 Å². The second-order valence-electron chi connectivity index (χ2n) is 6.06. The average molecular weight is 285 g/mol. The van der Waals surface area contributed by atoms with Crippen molar-refractivity contribution in [3.63, 3.8) is 0 Å². The molecule has 1 aliphatic carbocycles. The summed E-state index contributed by atoms with van der Waals surface area (Å²) in [6, 6.07) is 8.53. The normalized spacial score (nSPS) is 16.3. The lowest BCUT2D eigenvalue weighted by Crippen LogP contribution is -2.14. The van der Waals surface area contributed by atoms with Gasteiger partial charge in [0.05, 0.1) is 18.8 Å². The molecule has 0 radical (unpaired) electrons. The van der Waals surface area contributed by atoms with Crippen molar-refractivity contribution >= 4 is 0 Å². The van der Waals surface area contributed by atoms with E-state index in [0.29, 0.717) is 5.92 Å². The summed E-state index contributed by atoms with van der Waals surface area (Å²) in [7, 11) is 0. The molecule has 1 aromatic heterocycles. The first-order valence-corrected chi connectivity index (χ1v) is 7.86. The largest absolute Gasteiger partial charge is 0.390 e. The van der Waals surface area contributed by atoms with Gasteiger partial charge in [-0.15, -0.1) is 5.10 Å². The molecule has 112 valence electrons. The molecular weight excluding hydrogens is 262 g/mol. The number of aryl methyl sites for hydroxylation is 1. The minimum atomic E-state index is -0.0142. The van der Waals surface area contributed by atoms with Gasteiger partial charge in [0, 0.05) is 5.92 Å². The fourth-order valence-electron chi connectivity index (χ4n) is 3.27. The van der Waals surface area contributed by atoms with Gasteiger partial charge in [0.25, 0.3) is 0 Å². The predicted molar refractivity (Wildman–Crippen MR) is 82.1 cm³/mol. The Balaban J connectivity index is 1.87. The summed E-state index contributed by atoms with van der Waals surface area (Å²) in [4.78, 5) is 0. The zero-order valence-electron chi connectivity index (χ0n) is 12.6. The van der Waals surface area contributed by atoms with Gasteiger partial charge in [0.2, 0.25) is 0 Å². The number of hydrogen-bond acceptors (Lipinski definition) is 3. The number of aliphatic hydroxyl groups is 1. The molecule has 1 saturated carbocycles. The van der Waals surface area contributed by atoms with Crippen molar-refractivity contribution in [2.24, 2.45) is 0 Å². The lowest BCUT2D eigenvalue weighted by Gasteiger charge is -2.23. The Bertz CT molecular complexity index is 583. The van der Waals surface area contributed by atoms with E-state index in [-0.39, 0.29) is 6.61 Å². The third kappa shape index (κ3) is 3.16. The minimum Gasteiger partial charge on any atom is -0.390 e. The smallest absolute Gasteiger partial charge is 0.112 e. The number of hydrogen-bond donors (Lipinski definition) is 1. The summed E-state index contributed by atoms with van der Waals surface area (Å²) in [6.45, 7) is 2.81. The van der Waals surface area contributed by atoms with Crippen LogP contribution in [0.4, 0.5) is 0 Å². The minimum absolute atomic E-state index is 0.0142. The molecule has 0 saturated heterocycles. The molecule has 4 heteroatoms. The van der Waals surface area contributed by atoms with E-state index in [1.807, 2.05) is 4.68 Å². The third-order valence-corrected chi connectivity index (χ3v) is 4.44. The van der Waals surface area contributed by atoms with Crippen molar-refractivity contribution in [1.82, 2.24) is 15.0 Å². The lowest BCUT2D eigenvalue weighted by molar-refractivity contribution is 0.273. The molecule has 0 bridgehead atoms. The van der Waals surface area contributed by atoms with Crippen LogP contribution in [-0.2, 0) is 13.2 Å². The van der Waals surface area contributed by atoms with Crippen molar-refractivity contribution in [3.05, 3.63) is 46.8 Å². The summed E-state index contributed by atoms with van der Waals surface area (Å²) in [5.74, 6) is 0.501. The van der Waals surface area contributed by atoms with Crippen LogP contribution in [0.2, 0.25) is 0 Å². The van der Waals surface area contributed by atoms with Gasteiger partial charge >= 0.3 is 0 Å². The van der Waals surface area contributed by atoms with Crippen molar-refractivity contribution in [3.8, 4) is 0 Å². The van der Waals surface area contributed by atoms with Crippen molar-refractivity contribution in [2.75, 3.05) is 0 Å². The number of rotatable bonds is 4. The predicted octanol–water partition coefficient (Wildman–Crippen LogP) is 3.17. The first-order chi connectivity index (χ1) is 10.3. The molecule has 21 heavy (non-hydrogen) atoms. The van der Waals surface area contributed by atoms with Crippen LogP contribution < -0.4 is 0 Å². The maximum Gasteiger partial charge on any atom is 0.112 e. The zero-order chi connectivity index (χ0) is 14.7. The summed E-state index contributed by atoms with van der Waals surface area (Å²) in [6.07, 6.45) is 6.24. The van der Waals surface area contributed by atoms with Gasteiger partial charge in [-0.25, -0.2) is 4.68 Å². The molecule has 1 aliphatic rings. The van der Waals surface area contributed by atoms with Crippen LogP contribution in [0.5, 0.6) is 0 Å². The molecule has 0 spiro atoms. The number of aromatic nitrogens is 3. The third-order valence-electron chi connectivity index (χ3n) is 4.44. The Kier molecular flexibility index (Phi) is 4.34. The lowest BCUT2D eigenvalue weighted by atomic mass is 9.86. The van der Waals surface area contributed by atoms with Crippen molar-refractivity contribution in [1.29, 1.82) is 0 Å². The standard InChI is InChI=1S/C17H23N3O/c1-13-7-9-14(10-8-13)11-20-17(16(12-21)18-19-20)15-5-3-2-4-6-15/h7-10,15,21H,2-6,11-12H2,1H3. The van der Waals surface area contributed by atoms with E-state index in [4.69, 9.17) is 0 Å². The molecule has 0 aliphatic heterocycles. The highest BCUT2D eigenvalue weighted by molar-refractivity contribution is 5.23.